The number of carbonyl (C=O) groups is 1. The van der Waals surface area contributed by atoms with E-state index in [1.807, 2.05) is 53.1 Å². The Morgan fingerprint density at radius 2 is 1.74 bits per heavy atom. The molecule has 3 heterocycles. The van der Waals surface area contributed by atoms with Gasteiger partial charge in [-0.2, -0.15) is 0 Å². The van der Waals surface area contributed by atoms with E-state index in [-0.39, 0.29) is 5.91 Å². The zero-order valence-electron chi connectivity index (χ0n) is 18.5. The van der Waals surface area contributed by atoms with Gasteiger partial charge in [0.2, 0.25) is 0 Å². The Morgan fingerprint density at radius 1 is 0.941 bits per heavy atom. The molecule has 0 aliphatic heterocycles. The van der Waals surface area contributed by atoms with Gasteiger partial charge < -0.3 is 10.1 Å². The van der Waals surface area contributed by atoms with Gasteiger partial charge in [-0.25, -0.2) is 4.98 Å². The number of carbonyl (C=O) groups excluding carboxylic acids is 1. The Hall–Kier alpha value is -4.16. The van der Waals surface area contributed by atoms with Gasteiger partial charge in [-0.3, -0.25) is 9.20 Å². The number of nitrogens with zero attached hydrogens (tertiary/aromatic N) is 2. The molecule has 6 aromatic rings. The number of ether oxygens (including phenoxy) is 1. The molecule has 0 spiro atoms. The number of thiophene rings is 1. The average molecular weight is 464 g/mol. The van der Waals surface area contributed by atoms with Crippen molar-refractivity contribution in [1.29, 1.82) is 0 Å². The minimum absolute atomic E-state index is 0.167. The molecule has 0 unspecified atom stereocenters. The van der Waals surface area contributed by atoms with E-state index in [1.165, 1.54) is 20.2 Å². The average Bonchev–Trinajstić information content (AvgIpc) is 3.46. The summed E-state index contributed by atoms with van der Waals surface area (Å²) in [6.07, 6.45) is 1.88. The van der Waals surface area contributed by atoms with Gasteiger partial charge in [0.15, 0.2) is 0 Å². The highest BCUT2D eigenvalue weighted by atomic mass is 32.1. The number of amides is 1. The van der Waals surface area contributed by atoms with Crippen LogP contribution in [0.4, 0.5) is 0 Å². The van der Waals surface area contributed by atoms with Crippen molar-refractivity contribution < 1.29 is 9.53 Å². The summed E-state index contributed by atoms with van der Waals surface area (Å²) in [4.78, 5) is 18.3. The monoisotopic (exact) mass is 463 g/mol. The number of hydrogen-bond donors (Lipinski definition) is 1. The topological polar surface area (TPSA) is 55.6 Å². The lowest BCUT2D eigenvalue weighted by Gasteiger charge is -2.08. The van der Waals surface area contributed by atoms with E-state index >= 15 is 0 Å². The number of imidazole rings is 1. The van der Waals surface area contributed by atoms with Crippen LogP contribution in [0.5, 0.6) is 5.75 Å². The first kappa shape index (κ1) is 20.4. The second-order valence-corrected chi connectivity index (χ2v) is 9.16. The predicted octanol–water partition coefficient (Wildman–Crippen LogP) is 6.31. The first-order valence-corrected chi connectivity index (χ1v) is 11.8. The molecule has 0 aliphatic carbocycles. The Bertz CT molecular complexity index is 1660. The zero-order chi connectivity index (χ0) is 23.1. The summed E-state index contributed by atoms with van der Waals surface area (Å²) in [6.45, 7) is 0.413. The molecular weight excluding hydrogens is 442 g/mol. The molecule has 3 aromatic heterocycles. The number of pyridine rings is 1. The molecule has 0 radical (unpaired) electrons. The van der Waals surface area contributed by atoms with Crippen LogP contribution in [0.1, 0.15) is 16.1 Å². The van der Waals surface area contributed by atoms with Crippen molar-refractivity contribution in [3.63, 3.8) is 0 Å². The van der Waals surface area contributed by atoms with Crippen molar-refractivity contribution in [3.8, 4) is 17.0 Å². The third kappa shape index (κ3) is 3.49. The normalized spacial score (nSPS) is 11.3. The maximum absolute atomic E-state index is 13.4. The van der Waals surface area contributed by atoms with Crippen LogP contribution >= 0.6 is 11.3 Å². The Morgan fingerprint density at radius 3 is 2.59 bits per heavy atom. The quantitative estimate of drug-likeness (QED) is 0.326. The molecule has 0 saturated heterocycles. The van der Waals surface area contributed by atoms with E-state index in [2.05, 4.69) is 47.8 Å². The number of nitrogens with one attached hydrogen (secondary N) is 1. The number of fused-ring (bicyclic) bond motifs is 4. The molecule has 1 amide bonds. The minimum Gasteiger partial charge on any atom is -0.497 e. The maximum atomic E-state index is 13.4. The second-order valence-electron chi connectivity index (χ2n) is 8.08. The fourth-order valence-electron chi connectivity index (χ4n) is 4.30. The lowest BCUT2D eigenvalue weighted by atomic mass is 10.1. The highest BCUT2D eigenvalue weighted by Gasteiger charge is 2.21. The summed E-state index contributed by atoms with van der Waals surface area (Å²) in [5.41, 5.74) is 3.87. The molecule has 3 aromatic carbocycles. The minimum atomic E-state index is -0.167. The fraction of sp³-hybridized carbons (Fsp3) is 0.0714. The molecule has 34 heavy (non-hydrogen) atoms. The molecule has 6 rings (SSSR count). The zero-order valence-corrected chi connectivity index (χ0v) is 19.3. The van der Waals surface area contributed by atoms with E-state index in [0.29, 0.717) is 17.9 Å². The number of methoxy groups -OCH3 is 1. The van der Waals surface area contributed by atoms with Crippen LogP contribution < -0.4 is 10.1 Å². The van der Waals surface area contributed by atoms with Gasteiger partial charge in [-0.05, 0) is 48.0 Å². The van der Waals surface area contributed by atoms with Crippen LogP contribution in [0.3, 0.4) is 0 Å². The Balaban J connectivity index is 1.41. The van der Waals surface area contributed by atoms with Crippen molar-refractivity contribution in [3.05, 3.63) is 102 Å². The summed E-state index contributed by atoms with van der Waals surface area (Å²) in [5, 5.41) is 5.47. The number of hydrogen-bond acceptors (Lipinski definition) is 4. The van der Waals surface area contributed by atoms with Crippen LogP contribution in [0.25, 0.3) is 37.1 Å². The molecule has 0 aliphatic rings. The lowest BCUT2D eigenvalue weighted by Crippen LogP contribution is -2.24. The molecule has 5 nitrogen and oxygen atoms in total. The van der Waals surface area contributed by atoms with Crippen molar-refractivity contribution in [2.45, 2.75) is 6.54 Å². The van der Waals surface area contributed by atoms with Crippen LogP contribution in [0.15, 0.2) is 91.1 Å². The van der Waals surface area contributed by atoms with Crippen molar-refractivity contribution in [1.82, 2.24) is 14.7 Å². The van der Waals surface area contributed by atoms with E-state index in [0.717, 1.165) is 22.5 Å². The maximum Gasteiger partial charge on any atom is 0.270 e. The molecule has 166 valence electrons. The van der Waals surface area contributed by atoms with Crippen LogP contribution in [0.2, 0.25) is 0 Å². The molecule has 0 atom stereocenters. The third-order valence-corrected chi connectivity index (χ3v) is 7.16. The molecule has 1 N–H and O–H groups in total. The summed E-state index contributed by atoms with van der Waals surface area (Å²) in [5.74, 6) is 0.621. The van der Waals surface area contributed by atoms with Crippen LogP contribution in [-0.2, 0) is 6.54 Å². The summed E-state index contributed by atoms with van der Waals surface area (Å²) in [6, 6.07) is 28.2. The molecule has 0 saturated carbocycles. The van der Waals surface area contributed by atoms with Gasteiger partial charge in [0.05, 0.1) is 7.11 Å². The van der Waals surface area contributed by atoms with Crippen LogP contribution in [-0.4, -0.2) is 22.4 Å². The first-order chi connectivity index (χ1) is 16.7. The third-order valence-electron chi connectivity index (χ3n) is 6.01. The van der Waals surface area contributed by atoms with Gasteiger partial charge in [-0.1, -0.05) is 42.5 Å². The van der Waals surface area contributed by atoms with Gasteiger partial charge >= 0.3 is 0 Å². The second kappa shape index (κ2) is 8.32. The number of benzene rings is 3. The summed E-state index contributed by atoms with van der Waals surface area (Å²) < 4.78 is 9.55. The van der Waals surface area contributed by atoms with E-state index in [4.69, 9.17) is 9.72 Å². The van der Waals surface area contributed by atoms with Gasteiger partial charge in [0.25, 0.3) is 5.91 Å². The SMILES string of the molecule is COc1ccc(CNC(=O)c2c(-c3ccc4sc5ccccc5c4c3)nc3ccccn23)cc1. The van der Waals surface area contributed by atoms with Crippen LogP contribution in [0, 0.1) is 0 Å². The number of aromatic nitrogens is 2. The summed E-state index contributed by atoms with van der Waals surface area (Å²) in [7, 11) is 1.64. The van der Waals surface area contributed by atoms with Crippen molar-refractivity contribution >= 4 is 43.1 Å². The largest absolute Gasteiger partial charge is 0.497 e. The Kier molecular flexibility index (Phi) is 5.00. The highest BCUT2D eigenvalue weighted by molar-refractivity contribution is 7.25. The van der Waals surface area contributed by atoms with Gasteiger partial charge in [-0.15, -0.1) is 11.3 Å². The Labute approximate surface area is 200 Å². The van der Waals surface area contributed by atoms with Gasteiger partial charge in [0.1, 0.15) is 22.8 Å². The molecular formula is C28H21N3O2S. The standard InChI is InChI=1S/C28H21N3O2S/c1-33-20-12-9-18(10-13-20)17-29-28(32)27-26(30-25-8-4-5-15-31(25)27)19-11-14-24-22(16-19)21-6-2-3-7-23(21)34-24/h2-16H,17H2,1H3,(H,29,32). The van der Waals surface area contributed by atoms with E-state index in [9.17, 15) is 4.79 Å². The highest BCUT2D eigenvalue weighted by Crippen LogP contribution is 2.36. The summed E-state index contributed by atoms with van der Waals surface area (Å²) >= 11 is 1.78. The van der Waals surface area contributed by atoms with Crippen molar-refractivity contribution in [2.75, 3.05) is 7.11 Å². The molecule has 0 bridgehead atoms. The first-order valence-electron chi connectivity index (χ1n) is 11.0. The van der Waals surface area contributed by atoms with Gasteiger partial charge in [0, 0.05) is 38.5 Å². The fourth-order valence-corrected chi connectivity index (χ4v) is 5.38. The molecule has 6 heteroatoms. The smallest absolute Gasteiger partial charge is 0.270 e. The number of rotatable bonds is 5. The molecule has 0 fully saturated rings. The van der Waals surface area contributed by atoms with E-state index in [1.54, 1.807) is 18.4 Å². The lowest BCUT2D eigenvalue weighted by molar-refractivity contribution is 0.0945. The van der Waals surface area contributed by atoms with Crippen molar-refractivity contribution in [2.24, 2.45) is 0 Å². The van der Waals surface area contributed by atoms with E-state index < -0.39 is 0 Å². The predicted molar refractivity (Wildman–Crippen MR) is 138 cm³/mol.